The van der Waals surface area contributed by atoms with Gasteiger partial charge in [-0.15, -0.1) is 0 Å². The molecule has 1 aromatic heterocycles. The minimum Gasteiger partial charge on any atom is -0.380 e. The zero-order chi connectivity index (χ0) is 28.0. The van der Waals surface area contributed by atoms with Crippen LogP contribution in [-0.4, -0.2) is 57.6 Å². The van der Waals surface area contributed by atoms with Crippen LogP contribution in [0, 0.1) is 0 Å². The first-order chi connectivity index (χ1) is 19.0. The molecule has 2 amide bonds. The Morgan fingerprint density at radius 3 is 2.49 bits per heavy atom. The van der Waals surface area contributed by atoms with E-state index in [0.29, 0.717) is 17.3 Å². The molecule has 3 heterocycles. The van der Waals surface area contributed by atoms with Crippen LogP contribution >= 0.6 is 0 Å². The molecular formula is C28H42N6O4S. The highest BCUT2D eigenvalue weighted by molar-refractivity contribution is 7.79. The number of nitrogens with one attached hydrogen (secondary N) is 3. The van der Waals surface area contributed by atoms with E-state index in [9.17, 15) is 9.00 Å². The number of hydrogen-bond acceptors (Lipinski definition) is 7. The predicted octanol–water partition coefficient (Wildman–Crippen LogP) is 4.90. The zero-order valence-electron chi connectivity index (χ0n) is 22.8. The summed E-state index contributed by atoms with van der Waals surface area (Å²) in [5.74, 6) is 1.73. The fourth-order valence-corrected chi connectivity index (χ4v) is 4.46. The third-order valence-corrected chi connectivity index (χ3v) is 6.55. The molecule has 1 atom stereocenters. The Balaban J connectivity index is 0.000000552. The maximum Gasteiger partial charge on any atom is 0.319 e. The first kappa shape index (κ1) is 30.2. The molecule has 0 spiro atoms. The van der Waals surface area contributed by atoms with Gasteiger partial charge in [0.15, 0.2) is 16.9 Å². The number of nitrogens with zero attached hydrogens (tertiary/aromatic N) is 3. The maximum atomic E-state index is 11.7. The van der Waals surface area contributed by atoms with Crippen molar-refractivity contribution < 1.29 is 21.1 Å². The normalized spacial score (nSPS) is 14.9. The Morgan fingerprint density at radius 1 is 1.08 bits per heavy atom. The van der Waals surface area contributed by atoms with E-state index in [1.807, 2.05) is 45.0 Å². The number of benzene rings is 2. The second-order valence-electron chi connectivity index (χ2n) is 8.48. The van der Waals surface area contributed by atoms with Gasteiger partial charge in [0.05, 0.1) is 17.2 Å². The number of carbonyl (C=O) groups excluding carboxylic acids is 1. The molecule has 0 bridgehead atoms. The third kappa shape index (κ3) is 8.82. The second-order valence-corrected chi connectivity index (χ2v) is 9.45. The van der Waals surface area contributed by atoms with Gasteiger partial charge in [0.1, 0.15) is 5.82 Å². The van der Waals surface area contributed by atoms with Crippen molar-refractivity contribution in [3.05, 3.63) is 65.9 Å². The molecule has 3 aromatic rings. The first-order valence-electron chi connectivity index (χ1n) is 13.3. The number of fused-ring (bicyclic) bond motifs is 1. The third-order valence-electron chi connectivity index (χ3n) is 5.87. The van der Waals surface area contributed by atoms with E-state index in [1.165, 1.54) is 5.56 Å². The smallest absolute Gasteiger partial charge is 0.319 e. The summed E-state index contributed by atoms with van der Waals surface area (Å²) in [7, 11) is 0. The lowest BCUT2D eigenvalue weighted by molar-refractivity contribution is 0.152. The van der Waals surface area contributed by atoms with Crippen LogP contribution in [-0.2, 0) is 28.9 Å². The van der Waals surface area contributed by atoms with Crippen LogP contribution in [0.25, 0.3) is 11.4 Å². The van der Waals surface area contributed by atoms with Crippen LogP contribution in [0.2, 0.25) is 0 Å². The van der Waals surface area contributed by atoms with Gasteiger partial charge >= 0.3 is 6.03 Å². The molecule has 0 saturated carbocycles. The zero-order valence-corrected chi connectivity index (χ0v) is 23.6. The van der Waals surface area contributed by atoms with E-state index in [-0.39, 0.29) is 8.88 Å². The van der Waals surface area contributed by atoms with Gasteiger partial charge in [0.25, 0.3) is 0 Å². The SMILES string of the molecule is CC.CCNC(=O)Nc1ccc(-c2nc3c(c(N4CCCOCC4)n2)CNC3)cc1.O=S(O)c1ccccc1.[HH].[HH]. The van der Waals surface area contributed by atoms with Crippen LogP contribution < -0.4 is 20.9 Å². The Morgan fingerprint density at radius 2 is 1.82 bits per heavy atom. The van der Waals surface area contributed by atoms with Crippen molar-refractivity contribution in [2.75, 3.05) is 43.1 Å². The van der Waals surface area contributed by atoms with Crippen molar-refractivity contribution in [1.29, 1.82) is 0 Å². The Kier molecular flexibility index (Phi) is 12.3. The highest BCUT2D eigenvalue weighted by Gasteiger charge is 2.24. The lowest BCUT2D eigenvalue weighted by Gasteiger charge is -2.23. The lowest BCUT2D eigenvalue weighted by Crippen LogP contribution is -2.28. The number of rotatable bonds is 5. The van der Waals surface area contributed by atoms with Crippen molar-refractivity contribution in [3.63, 3.8) is 0 Å². The van der Waals surface area contributed by atoms with Crippen molar-refractivity contribution in [3.8, 4) is 11.4 Å². The molecule has 2 aliphatic rings. The van der Waals surface area contributed by atoms with Crippen LogP contribution in [0.15, 0.2) is 59.5 Å². The van der Waals surface area contributed by atoms with Gasteiger partial charge in [-0.25, -0.2) is 19.0 Å². The molecule has 2 aliphatic heterocycles. The molecule has 10 nitrogen and oxygen atoms in total. The summed E-state index contributed by atoms with van der Waals surface area (Å²) in [5.41, 5.74) is 3.93. The number of hydrogen-bond donors (Lipinski definition) is 4. The molecule has 1 saturated heterocycles. The maximum absolute atomic E-state index is 11.7. The molecule has 39 heavy (non-hydrogen) atoms. The summed E-state index contributed by atoms with van der Waals surface area (Å²) >= 11 is -1.83. The van der Waals surface area contributed by atoms with E-state index < -0.39 is 11.1 Å². The lowest BCUT2D eigenvalue weighted by atomic mass is 10.1. The van der Waals surface area contributed by atoms with Gasteiger partial charge in [-0.3, -0.25) is 0 Å². The summed E-state index contributed by atoms with van der Waals surface area (Å²) in [6, 6.07) is 15.9. The van der Waals surface area contributed by atoms with Gasteiger partial charge in [-0.05, 0) is 49.7 Å². The Labute approximate surface area is 235 Å². The van der Waals surface area contributed by atoms with Gasteiger partial charge in [0.2, 0.25) is 0 Å². The topological polar surface area (TPSA) is 129 Å². The van der Waals surface area contributed by atoms with E-state index in [1.54, 1.807) is 30.3 Å². The van der Waals surface area contributed by atoms with Crippen molar-refractivity contribution in [2.24, 2.45) is 0 Å². The molecule has 1 unspecified atom stereocenters. The summed E-state index contributed by atoms with van der Waals surface area (Å²) in [6.07, 6.45) is 1.00. The first-order valence-corrected chi connectivity index (χ1v) is 14.4. The molecule has 0 radical (unpaired) electrons. The minimum absolute atomic E-state index is 0. The van der Waals surface area contributed by atoms with Crippen molar-refractivity contribution >= 4 is 28.6 Å². The van der Waals surface area contributed by atoms with E-state index >= 15 is 0 Å². The van der Waals surface area contributed by atoms with Gasteiger partial charge in [-0.1, -0.05) is 32.0 Å². The number of carbonyl (C=O) groups is 1. The highest BCUT2D eigenvalue weighted by atomic mass is 32.2. The molecule has 0 aliphatic carbocycles. The molecule has 11 heteroatoms. The number of urea groups is 1. The second kappa shape index (κ2) is 15.9. The van der Waals surface area contributed by atoms with Crippen LogP contribution in [0.1, 0.15) is 41.3 Å². The Bertz CT molecular complexity index is 1210. The number of amides is 2. The number of aromatic nitrogens is 2. The summed E-state index contributed by atoms with van der Waals surface area (Å²) < 4.78 is 24.4. The average molecular weight is 559 g/mol. The molecule has 4 N–H and O–H groups in total. The summed E-state index contributed by atoms with van der Waals surface area (Å²) in [5, 5.41) is 8.92. The summed E-state index contributed by atoms with van der Waals surface area (Å²) in [4.78, 5) is 24.1. The minimum atomic E-state index is -1.83. The monoisotopic (exact) mass is 558 g/mol. The standard InChI is InChI=1S/C20H26N6O2.C6H6O2S.C2H6.2H2/c1-2-22-20(27)23-15-6-4-14(5-7-15)18-24-17-13-21-12-16(17)19(25-18)26-8-3-10-28-11-9-26;7-9(8)6-4-2-1-3-5-6;1-2;;/h4-7,21H,2-3,8-13H2,1H3,(H2,22,23,27);1-5H,(H,7,8);1-2H3;2*1H. The number of anilines is 2. The largest absolute Gasteiger partial charge is 0.380 e. The van der Waals surface area contributed by atoms with Gasteiger partial charge in [0, 0.05) is 59.0 Å². The van der Waals surface area contributed by atoms with E-state index in [0.717, 1.165) is 68.6 Å². The quantitative estimate of drug-likeness (QED) is 0.326. The summed E-state index contributed by atoms with van der Waals surface area (Å²) in [6.45, 7) is 11.4. The Hall–Kier alpha value is -3.38. The molecule has 2 aromatic carbocycles. The van der Waals surface area contributed by atoms with Gasteiger partial charge < -0.3 is 30.1 Å². The highest BCUT2D eigenvalue weighted by Crippen LogP contribution is 2.29. The van der Waals surface area contributed by atoms with Crippen LogP contribution in [0.3, 0.4) is 0 Å². The fourth-order valence-electron chi connectivity index (χ4n) is 4.07. The van der Waals surface area contributed by atoms with Crippen LogP contribution in [0.5, 0.6) is 0 Å². The number of ether oxygens (including phenoxy) is 1. The van der Waals surface area contributed by atoms with Crippen molar-refractivity contribution in [2.45, 2.75) is 45.2 Å². The predicted molar refractivity (Wildman–Crippen MR) is 159 cm³/mol. The molecule has 5 rings (SSSR count). The molecular weight excluding hydrogens is 516 g/mol. The van der Waals surface area contributed by atoms with E-state index in [4.69, 9.17) is 19.3 Å². The molecule has 1 fully saturated rings. The van der Waals surface area contributed by atoms with Crippen LogP contribution in [0.4, 0.5) is 16.3 Å². The van der Waals surface area contributed by atoms with Gasteiger partial charge in [-0.2, -0.15) is 0 Å². The average Bonchev–Trinajstić information content (AvgIpc) is 3.28. The molecule has 214 valence electrons. The van der Waals surface area contributed by atoms with Crippen molar-refractivity contribution in [1.82, 2.24) is 20.6 Å². The van der Waals surface area contributed by atoms with E-state index in [2.05, 4.69) is 20.9 Å². The fraction of sp³-hybridized carbons (Fsp3) is 0.393.